The number of halogens is 3. The first kappa shape index (κ1) is 28.5. The van der Waals surface area contributed by atoms with Crippen molar-refractivity contribution >= 4 is 21.6 Å². The Morgan fingerprint density at radius 3 is 2.33 bits per heavy atom. The lowest BCUT2D eigenvalue weighted by Crippen LogP contribution is -2.47. The molecule has 3 aromatic rings. The molecule has 3 aromatic carbocycles. The molecule has 1 N–H and O–H groups in total. The molecule has 0 radical (unpaired) electrons. The molecule has 0 fully saturated rings. The Hall–Kier alpha value is -3.53. The molecule has 4 rings (SSSR count). The summed E-state index contributed by atoms with van der Waals surface area (Å²) in [6, 6.07) is 16.7. The SMILES string of the molecule is CCC1(CC)CC(NC(=O)CN(c2cccc(C(F)(F)F)c2)S(=O)(=O)c2ccc(C)cc2)c2ccccc2O1. The molecule has 0 spiro atoms. The summed E-state index contributed by atoms with van der Waals surface area (Å²) < 4.78 is 74.8. The average Bonchev–Trinajstić information content (AvgIpc) is 2.91. The molecule has 0 bridgehead atoms. The first-order valence-electron chi connectivity index (χ1n) is 12.7. The molecule has 1 heterocycles. The maximum atomic E-state index is 13.7. The summed E-state index contributed by atoms with van der Waals surface area (Å²) in [5.74, 6) is -0.00864. The smallest absolute Gasteiger partial charge is 0.416 e. The third-order valence-corrected chi connectivity index (χ3v) is 8.97. The number of fused-ring (bicyclic) bond motifs is 1. The van der Waals surface area contributed by atoms with E-state index in [1.165, 1.54) is 18.2 Å². The predicted molar refractivity (Wildman–Crippen MR) is 143 cm³/mol. The minimum Gasteiger partial charge on any atom is -0.487 e. The van der Waals surface area contributed by atoms with Gasteiger partial charge in [-0.25, -0.2) is 8.42 Å². The number of sulfonamides is 1. The van der Waals surface area contributed by atoms with E-state index in [1.807, 2.05) is 38.1 Å². The third-order valence-electron chi connectivity index (χ3n) is 7.18. The molecule has 6 nitrogen and oxygen atoms in total. The summed E-state index contributed by atoms with van der Waals surface area (Å²) in [6.07, 6.45) is -2.82. The zero-order valence-corrected chi connectivity index (χ0v) is 22.8. The number of para-hydroxylation sites is 1. The highest BCUT2D eigenvalue weighted by Gasteiger charge is 2.39. The molecule has 1 amide bonds. The number of nitrogens with zero attached hydrogens (tertiary/aromatic N) is 1. The van der Waals surface area contributed by atoms with Crippen LogP contribution in [0.25, 0.3) is 0 Å². The Kier molecular flexibility index (Phi) is 7.97. The van der Waals surface area contributed by atoms with E-state index in [1.54, 1.807) is 19.1 Å². The molecule has 1 aliphatic heterocycles. The van der Waals surface area contributed by atoms with Crippen LogP contribution in [0, 0.1) is 6.92 Å². The number of rotatable bonds is 8. The maximum Gasteiger partial charge on any atom is 0.416 e. The lowest BCUT2D eigenvalue weighted by molar-refractivity contribution is -0.137. The number of carbonyl (C=O) groups is 1. The Morgan fingerprint density at radius 1 is 1.03 bits per heavy atom. The van der Waals surface area contributed by atoms with Crippen LogP contribution in [0.4, 0.5) is 18.9 Å². The molecule has 0 saturated heterocycles. The van der Waals surface area contributed by atoms with Crippen molar-refractivity contribution < 1.29 is 31.1 Å². The largest absolute Gasteiger partial charge is 0.487 e. The van der Waals surface area contributed by atoms with Crippen molar-refractivity contribution in [3.05, 3.63) is 89.5 Å². The number of alkyl halides is 3. The summed E-state index contributed by atoms with van der Waals surface area (Å²) >= 11 is 0. The van der Waals surface area contributed by atoms with Crippen LogP contribution < -0.4 is 14.4 Å². The van der Waals surface area contributed by atoms with Crippen molar-refractivity contribution in [3.8, 4) is 5.75 Å². The van der Waals surface area contributed by atoms with Crippen LogP contribution in [0.5, 0.6) is 5.75 Å². The van der Waals surface area contributed by atoms with Crippen LogP contribution in [0.2, 0.25) is 0 Å². The van der Waals surface area contributed by atoms with E-state index in [2.05, 4.69) is 5.32 Å². The second kappa shape index (κ2) is 10.9. The van der Waals surface area contributed by atoms with E-state index in [9.17, 15) is 26.4 Å². The van der Waals surface area contributed by atoms with E-state index in [0.29, 0.717) is 25.0 Å². The molecule has 1 unspecified atom stereocenters. The van der Waals surface area contributed by atoms with E-state index >= 15 is 0 Å². The fourth-order valence-corrected chi connectivity index (χ4v) is 6.20. The number of nitrogens with one attached hydrogen (secondary N) is 1. The Balaban J connectivity index is 1.70. The highest BCUT2D eigenvalue weighted by Crippen LogP contribution is 2.42. The minimum atomic E-state index is -4.69. The Morgan fingerprint density at radius 2 is 1.69 bits per heavy atom. The van der Waals surface area contributed by atoms with Gasteiger partial charge in [0, 0.05) is 12.0 Å². The monoisotopic (exact) mass is 560 g/mol. The first-order chi connectivity index (χ1) is 18.4. The molecule has 1 atom stereocenters. The van der Waals surface area contributed by atoms with Crippen LogP contribution in [-0.2, 0) is 21.0 Å². The fraction of sp³-hybridized carbons (Fsp3) is 0.345. The molecule has 0 aliphatic carbocycles. The molecular formula is C29H31F3N2O4S. The number of hydrogen-bond donors (Lipinski definition) is 1. The highest BCUT2D eigenvalue weighted by molar-refractivity contribution is 7.92. The van der Waals surface area contributed by atoms with Gasteiger partial charge < -0.3 is 10.1 Å². The lowest BCUT2D eigenvalue weighted by Gasteiger charge is -2.41. The lowest BCUT2D eigenvalue weighted by atomic mass is 9.83. The van der Waals surface area contributed by atoms with Gasteiger partial charge in [0.05, 0.1) is 22.2 Å². The summed E-state index contributed by atoms with van der Waals surface area (Å²) in [6.45, 7) is 5.08. The second-order valence-corrected chi connectivity index (χ2v) is 11.6. The normalized spacial score (nSPS) is 16.6. The van der Waals surface area contributed by atoms with Gasteiger partial charge in [-0.15, -0.1) is 0 Å². The topological polar surface area (TPSA) is 75.7 Å². The van der Waals surface area contributed by atoms with Crippen molar-refractivity contribution in [3.63, 3.8) is 0 Å². The molecule has 1 aliphatic rings. The zero-order chi connectivity index (χ0) is 28.4. The van der Waals surface area contributed by atoms with E-state index < -0.39 is 45.9 Å². The van der Waals surface area contributed by atoms with Crippen molar-refractivity contribution in [2.24, 2.45) is 0 Å². The second-order valence-electron chi connectivity index (χ2n) is 9.73. The number of ether oxygens (including phenoxy) is 1. The molecule has 39 heavy (non-hydrogen) atoms. The Labute approximate surface area is 226 Å². The van der Waals surface area contributed by atoms with Crippen LogP contribution in [-0.4, -0.2) is 26.5 Å². The standard InChI is InChI=1S/C29H31F3N2O4S/c1-4-28(5-2)18-25(24-11-6-7-12-26(24)38-28)33-27(35)19-34(22-10-8-9-21(17-22)29(30,31)32)39(36,37)23-15-13-20(3)14-16-23/h6-17,25H,4-5,18-19H2,1-3H3,(H,33,35). The van der Waals surface area contributed by atoms with Gasteiger partial charge in [0.1, 0.15) is 17.9 Å². The van der Waals surface area contributed by atoms with Gasteiger partial charge in [-0.1, -0.05) is 55.8 Å². The average molecular weight is 561 g/mol. The number of hydrogen-bond acceptors (Lipinski definition) is 4. The van der Waals surface area contributed by atoms with E-state index in [4.69, 9.17) is 4.74 Å². The van der Waals surface area contributed by atoms with Crippen molar-refractivity contribution in [2.45, 2.75) is 62.7 Å². The number of anilines is 1. The van der Waals surface area contributed by atoms with Crippen LogP contribution in [0.3, 0.4) is 0 Å². The number of aryl methyl sites for hydroxylation is 1. The van der Waals surface area contributed by atoms with Gasteiger partial charge in [-0.3, -0.25) is 9.10 Å². The number of carbonyl (C=O) groups excluding carboxylic acids is 1. The maximum absolute atomic E-state index is 13.7. The Bertz CT molecular complexity index is 1440. The summed E-state index contributed by atoms with van der Waals surface area (Å²) in [4.78, 5) is 13.3. The molecule has 0 saturated carbocycles. The molecule has 0 aromatic heterocycles. The van der Waals surface area contributed by atoms with Gasteiger partial charge in [-0.05, 0) is 56.2 Å². The zero-order valence-electron chi connectivity index (χ0n) is 22.0. The molecular weight excluding hydrogens is 529 g/mol. The number of amides is 1. The van der Waals surface area contributed by atoms with Crippen LogP contribution in [0.15, 0.2) is 77.7 Å². The van der Waals surface area contributed by atoms with Gasteiger partial charge >= 0.3 is 6.18 Å². The third kappa shape index (κ3) is 6.06. The quantitative estimate of drug-likeness (QED) is 0.346. The van der Waals surface area contributed by atoms with Crippen molar-refractivity contribution in [1.82, 2.24) is 5.32 Å². The van der Waals surface area contributed by atoms with E-state index in [0.717, 1.165) is 33.6 Å². The van der Waals surface area contributed by atoms with Crippen molar-refractivity contribution in [1.29, 1.82) is 0 Å². The van der Waals surface area contributed by atoms with Crippen LogP contribution in [0.1, 0.15) is 55.8 Å². The van der Waals surface area contributed by atoms with E-state index in [-0.39, 0.29) is 10.6 Å². The van der Waals surface area contributed by atoms with Gasteiger partial charge in [-0.2, -0.15) is 13.2 Å². The predicted octanol–water partition coefficient (Wildman–Crippen LogP) is 6.41. The summed E-state index contributed by atoms with van der Waals surface area (Å²) in [7, 11) is -4.38. The minimum absolute atomic E-state index is 0.134. The summed E-state index contributed by atoms with van der Waals surface area (Å²) in [5.41, 5.74) is -0.217. The van der Waals surface area contributed by atoms with Crippen molar-refractivity contribution in [2.75, 3.05) is 10.8 Å². The van der Waals surface area contributed by atoms with Gasteiger partial charge in [0.15, 0.2) is 0 Å². The van der Waals surface area contributed by atoms with Gasteiger partial charge in [0.2, 0.25) is 5.91 Å². The summed E-state index contributed by atoms with van der Waals surface area (Å²) in [5, 5.41) is 2.93. The van der Waals surface area contributed by atoms with Crippen LogP contribution >= 0.6 is 0 Å². The molecule has 208 valence electrons. The number of benzene rings is 3. The molecule has 10 heteroatoms. The first-order valence-corrected chi connectivity index (χ1v) is 14.2. The van der Waals surface area contributed by atoms with Gasteiger partial charge in [0.25, 0.3) is 10.0 Å². The highest BCUT2D eigenvalue weighted by atomic mass is 32.2. The fourth-order valence-electron chi connectivity index (χ4n) is 4.79.